The van der Waals surface area contributed by atoms with Crippen LogP contribution >= 0.6 is 24.0 Å². The van der Waals surface area contributed by atoms with Crippen molar-refractivity contribution < 1.29 is 0 Å². The van der Waals surface area contributed by atoms with E-state index in [9.17, 15) is 0 Å². The zero-order valence-corrected chi connectivity index (χ0v) is 10.2. The van der Waals surface area contributed by atoms with E-state index in [1.54, 1.807) is 11.8 Å². The molecule has 0 unspecified atom stereocenters. The lowest BCUT2D eigenvalue weighted by atomic mass is 10.2. The van der Waals surface area contributed by atoms with Crippen molar-refractivity contribution in [2.75, 3.05) is 12.0 Å². The Morgan fingerprint density at radius 3 is 2.50 bits per heavy atom. The second kappa shape index (κ2) is 4.63. The standard InChI is InChI=1S/C10H10N4S2/c1-16-7-4-2-6(3-5-7)8-12-9(11)14-10(15)13-8/h2-5H,1H3,(H3,11,12,13,14,15). The molecule has 2 aromatic rings. The molecule has 0 amide bonds. The Hall–Kier alpha value is -1.40. The molecule has 1 aromatic heterocycles. The summed E-state index contributed by atoms with van der Waals surface area (Å²) in [6.45, 7) is 0. The molecule has 0 saturated carbocycles. The van der Waals surface area contributed by atoms with Crippen molar-refractivity contribution in [3.05, 3.63) is 29.0 Å². The Morgan fingerprint density at radius 1 is 1.25 bits per heavy atom. The van der Waals surface area contributed by atoms with Crippen LogP contribution in [0.1, 0.15) is 0 Å². The van der Waals surface area contributed by atoms with E-state index in [0.29, 0.717) is 5.82 Å². The largest absolute Gasteiger partial charge is 0.369 e. The summed E-state index contributed by atoms with van der Waals surface area (Å²) in [6, 6.07) is 7.99. The van der Waals surface area contributed by atoms with Crippen molar-refractivity contribution in [3.8, 4) is 11.4 Å². The molecule has 6 heteroatoms. The van der Waals surface area contributed by atoms with Gasteiger partial charge in [-0.1, -0.05) is 12.1 Å². The van der Waals surface area contributed by atoms with Crippen LogP contribution in [0.5, 0.6) is 0 Å². The van der Waals surface area contributed by atoms with Crippen LogP contribution in [0.3, 0.4) is 0 Å². The first-order valence-electron chi connectivity index (χ1n) is 4.57. The molecule has 4 nitrogen and oxygen atoms in total. The Morgan fingerprint density at radius 2 is 1.94 bits per heavy atom. The van der Waals surface area contributed by atoms with Gasteiger partial charge in [0.25, 0.3) is 0 Å². The molecule has 0 atom stereocenters. The molecular formula is C10H10N4S2. The predicted molar refractivity (Wildman–Crippen MR) is 68.8 cm³/mol. The Balaban J connectivity index is 2.46. The summed E-state index contributed by atoms with van der Waals surface area (Å²) in [7, 11) is 0. The average molecular weight is 250 g/mol. The van der Waals surface area contributed by atoms with Crippen molar-refractivity contribution in [2.45, 2.75) is 4.90 Å². The van der Waals surface area contributed by atoms with E-state index in [4.69, 9.17) is 18.0 Å². The summed E-state index contributed by atoms with van der Waals surface area (Å²) in [5, 5.41) is 0. The highest BCUT2D eigenvalue weighted by atomic mass is 32.2. The molecule has 0 saturated heterocycles. The third-order valence-corrected chi connectivity index (χ3v) is 2.96. The number of nitrogen functional groups attached to an aromatic ring is 1. The number of anilines is 1. The lowest BCUT2D eigenvalue weighted by Crippen LogP contribution is -1.99. The summed E-state index contributed by atoms with van der Waals surface area (Å²) in [5.41, 5.74) is 6.52. The molecule has 0 aliphatic carbocycles. The minimum atomic E-state index is 0.250. The maximum atomic E-state index is 5.58. The smallest absolute Gasteiger partial charge is 0.224 e. The van der Waals surface area contributed by atoms with Gasteiger partial charge in [0, 0.05) is 10.5 Å². The van der Waals surface area contributed by atoms with E-state index in [1.165, 1.54) is 4.90 Å². The number of nitrogens with two attached hydrogens (primary N) is 1. The molecule has 0 aliphatic heterocycles. The molecule has 0 spiro atoms. The summed E-state index contributed by atoms with van der Waals surface area (Å²) in [5.74, 6) is 0.925. The number of aromatic nitrogens is 3. The molecule has 16 heavy (non-hydrogen) atoms. The van der Waals surface area contributed by atoms with Gasteiger partial charge >= 0.3 is 0 Å². The summed E-state index contributed by atoms with van der Waals surface area (Å²) >= 11 is 6.60. The molecule has 0 radical (unpaired) electrons. The van der Waals surface area contributed by atoms with Gasteiger partial charge in [-0.3, -0.25) is 0 Å². The third-order valence-electron chi connectivity index (χ3n) is 2.03. The van der Waals surface area contributed by atoms with Crippen LogP contribution in [-0.4, -0.2) is 21.2 Å². The lowest BCUT2D eigenvalue weighted by Gasteiger charge is -2.02. The third kappa shape index (κ3) is 2.40. The number of nitrogens with one attached hydrogen (secondary N) is 1. The van der Waals surface area contributed by atoms with Crippen molar-refractivity contribution in [1.82, 2.24) is 15.0 Å². The number of hydrogen-bond donors (Lipinski definition) is 2. The van der Waals surface area contributed by atoms with Crippen LogP contribution in [-0.2, 0) is 0 Å². The van der Waals surface area contributed by atoms with Crippen molar-refractivity contribution in [1.29, 1.82) is 0 Å². The molecule has 0 fully saturated rings. The van der Waals surface area contributed by atoms with Crippen LogP contribution < -0.4 is 5.73 Å². The SMILES string of the molecule is CSc1ccc(-c2nc(=S)nc(N)[nH]2)cc1. The lowest BCUT2D eigenvalue weighted by molar-refractivity contribution is 1.05. The van der Waals surface area contributed by atoms with E-state index >= 15 is 0 Å². The van der Waals surface area contributed by atoms with Crippen molar-refractivity contribution in [3.63, 3.8) is 0 Å². The van der Waals surface area contributed by atoms with Gasteiger partial charge in [0.15, 0.2) is 0 Å². The van der Waals surface area contributed by atoms with E-state index in [-0.39, 0.29) is 10.7 Å². The summed E-state index contributed by atoms with van der Waals surface area (Å²) in [4.78, 5) is 12.0. The highest BCUT2D eigenvalue weighted by Crippen LogP contribution is 2.20. The molecule has 3 N–H and O–H groups in total. The summed E-state index contributed by atoms with van der Waals surface area (Å²) in [6.07, 6.45) is 2.03. The maximum Gasteiger partial charge on any atom is 0.224 e. The quantitative estimate of drug-likeness (QED) is 0.633. The van der Waals surface area contributed by atoms with Gasteiger partial charge in [0.2, 0.25) is 10.7 Å². The fraction of sp³-hybridized carbons (Fsp3) is 0.100. The molecule has 82 valence electrons. The highest BCUT2D eigenvalue weighted by molar-refractivity contribution is 7.98. The molecule has 1 aromatic carbocycles. The van der Waals surface area contributed by atoms with E-state index in [0.717, 1.165) is 5.56 Å². The van der Waals surface area contributed by atoms with Gasteiger partial charge in [-0.15, -0.1) is 11.8 Å². The van der Waals surface area contributed by atoms with Crippen molar-refractivity contribution >= 4 is 29.9 Å². The molecular weight excluding hydrogens is 240 g/mol. The van der Waals surface area contributed by atoms with Crippen LogP contribution in [0.25, 0.3) is 11.4 Å². The van der Waals surface area contributed by atoms with Gasteiger partial charge in [-0.05, 0) is 30.6 Å². The topological polar surface area (TPSA) is 67.6 Å². The van der Waals surface area contributed by atoms with Gasteiger partial charge in [0.05, 0.1) is 0 Å². The van der Waals surface area contributed by atoms with E-state index in [1.807, 2.05) is 30.5 Å². The summed E-state index contributed by atoms with van der Waals surface area (Å²) < 4.78 is 0.250. The number of nitrogens with zero attached hydrogens (tertiary/aromatic N) is 2. The number of thioether (sulfide) groups is 1. The fourth-order valence-electron chi connectivity index (χ4n) is 1.29. The second-order valence-electron chi connectivity index (χ2n) is 3.09. The Kier molecular flexibility index (Phi) is 3.21. The molecule has 0 bridgehead atoms. The van der Waals surface area contributed by atoms with Gasteiger partial charge in [0.1, 0.15) is 5.82 Å². The van der Waals surface area contributed by atoms with Gasteiger partial charge in [-0.25, -0.2) is 4.98 Å². The predicted octanol–water partition coefficient (Wildman–Crippen LogP) is 2.51. The zero-order chi connectivity index (χ0) is 11.5. The first-order valence-corrected chi connectivity index (χ1v) is 6.20. The minimum absolute atomic E-state index is 0.250. The Labute approximate surface area is 102 Å². The van der Waals surface area contributed by atoms with E-state index < -0.39 is 0 Å². The maximum absolute atomic E-state index is 5.58. The van der Waals surface area contributed by atoms with Gasteiger partial charge < -0.3 is 10.7 Å². The molecule has 2 rings (SSSR count). The van der Waals surface area contributed by atoms with Crippen LogP contribution in [0.2, 0.25) is 0 Å². The number of benzene rings is 1. The van der Waals surface area contributed by atoms with Gasteiger partial charge in [-0.2, -0.15) is 4.98 Å². The molecule has 1 heterocycles. The first kappa shape index (κ1) is 11.1. The van der Waals surface area contributed by atoms with Crippen LogP contribution in [0.15, 0.2) is 29.2 Å². The monoisotopic (exact) mass is 250 g/mol. The Bertz CT molecular complexity index is 547. The van der Waals surface area contributed by atoms with Crippen LogP contribution in [0, 0.1) is 4.77 Å². The van der Waals surface area contributed by atoms with E-state index in [2.05, 4.69) is 15.0 Å². The first-order chi connectivity index (χ1) is 7.69. The normalized spacial score (nSPS) is 10.3. The minimum Gasteiger partial charge on any atom is -0.369 e. The van der Waals surface area contributed by atoms with Crippen LogP contribution in [0.4, 0.5) is 5.95 Å². The number of hydrogen-bond acceptors (Lipinski definition) is 5. The zero-order valence-electron chi connectivity index (χ0n) is 8.60. The fourth-order valence-corrected chi connectivity index (χ4v) is 1.88. The highest BCUT2D eigenvalue weighted by Gasteiger charge is 2.01. The number of rotatable bonds is 2. The number of H-pyrrole nitrogens is 1. The second-order valence-corrected chi connectivity index (χ2v) is 4.34. The molecule has 0 aliphatic rings. The number of aromatic amines is 1. The van der Waals surface area contributed by atoms with Crippen molar-refractivity contribution in [2.24, 2.45) is 0 Å². The average Bonchev–Trinajstić information content (AvgIpc) is 2.28.